The fourth-order valence-electron chi connectivity index (χ4n) is 1.85. The zero-order valence-corrected chi connectivity index (χ0v) is 12.6. The molecule has 2 rings (SSSR count). The molecule has 21 heavy (non-hydrogen) atoms. The smallest absolute Gasteiger partial charge is 0.337 e. The summed E-state index contributed by atoms with van der Waals surface area (Å²) in [5.74, 6) is -2.67. The molecule has 0 aromatic heterocycles. The number of amides is 1. The number of benzene rings is 2. The lowest BCUT2D eigenvalue weighted by Gasteiger charge is -2.11. The quantitative estimate of drug-likeness (QED) is 0.882. The van der Waals surface area contributed by atoms with Gasteiger partial charge in [0, 0.05) is 10.0 Å². The number of carbonyl (C=O) groups is 2. The third kappa shape index (κ3) is 3.28. The molecule has 0 aliphatic heterocycles. The first-order valence-electron chi connectivity index (χ1n) is 5.99. The van der Waals surface area contributed by atoms with Crippen LogP contribution in [0.2, 0.25) is 0 Å². The fourth-order valence-corrected chi connectivity index (χ4v) is 2.21. The van der Waals surface area contributed by atoms with E-state index in [0.29, 0.717) is 15.6 Å². The monoisotopic (exact) mass is 351 g/mol. The van der Waals surface area contributed by atoms with Crippen LogP contribution in [0.15, 0.2) is 40.9 Å². The van der Waals surface area contributed by atoms with Crippen LogP contribution in [0, 0.1) is 12.7 Å². The number of carbonyl (C=O) groups excluding carboxylic acids is 1. The van der Waals surface area contributed by atoms with Gasteiger partial charge in [0.15, 0.2) is 0 Å². The molecule has 0 saturated heterocycles. The van der Waals surface area contributed by atoms with E-state index in [9.17, 15) is 14.0 Å². The van der Waals surface area contributed by atoms with Crippen molar-refractivity contribution in [3.8, 4) is 0 Å². The predicted molar refractivity (Wildman–Crippen MR) is 80.2 cm³/mol. The molecule has 108 valence electrons. The van der Waals surface area contributed by atoms with Crippen molar-refractivity contribution in [1.82, 2.24) is 0 Å². The molecule has 2 N–H and O–H groups in total. The Hall–Kier alpha value is -2.21. The van der Waals surface area contributed by atoms with Gasteiger partial charge in [-0.25, -0.2) is 9.18 Å². The summed E-state index contributed by atoms with van der Waals surface area (Å²) < 4.78 is 14.5. The summed E-state index contributed by atoms with van der Waals surface area (Å²) in [7, 11) is 0. The Morgan fingerprint density at radius 2 is 1.90 bits per heavy atom. The van der Waals surface area contributed by atoms with Crippen LogP contribution in [-0.2, 0) is 0 Å². The van der Waals surface area contributed by atoms with Gasteiger partial charge in [0.05, 0.1) is 11.3 Å². The van der Waals surface area contributed by atoms with Gasteiger partial charge in [0.25, 0.3) is 5.91 Å². The molecular weight excluding hydrogens is 341 g/mol. The summed E-state index contributed by atoms with van der Waals surface area (Å²) in [5.41, 5.74) is 0.401. The number of halogens is 2. The largest absolute Gasteiger partial charge is 0.478 e. The molecule has 0 atom stereocenters. The number of rotatable bonds is 3. The lowest BCUT2D eigenvalue weighted by Crippen LogP contribution is -2.17. The van der Waals surface area contributed by atoms with E-state index in [2.05, 4.69) is 21.2 Å². The highest BCUT2D eigenvalue weighted by Crippen LogP contribution is 2.22. The normalized spacial score (nSPS) is 10.2. The second kappa shape index (κ2) is 6.05. The molecule has 2 aromatic carbocycles. The number of aromatic carboxylic acids is 1. The Morgan fingerprint density at radius 3 is 2.57 bits per heavy atom. The Morgan fingerprint density at radius 1 is 1.19 bits per heavy atom. The van der Waals surface area contributed by atoms with Gasteiger partial charge in [0.2, 0.25) is 0 Å². The maximum atomic E-state index is 13.8. The lowest BCUT2D eigenvalue weighted by molar-refractivity contribution is 0.0697. The summed E-state index contributed by atoms with van der Waals surface area (Å²) >= 11 is 3.25. The van der Waals surface area contributed by atoms with Crippen LogP contribution in [0.5, 0.6) is 0 Å². The molecular formula is C15H11BrFNO3. The summed E-state index contributed by atoms with van der Waals surface area (Å²) in [6.07, 6.45) is 0. The number of hydrogen-bond donors (Lipinski definition) is 2. The minimum atomic E-state index is -1.31. The standard InChI is InChI=1S/C15H11BrFNO3/c1-8-5-6-9(16)7-11(8)14(19)18-13-10(15(20)21)3-2-4-12(13)17/h2-7H,1H3,(H,18,19)(H,20,21). The zero-order valence-electron chi connectivity index (χ0n) is 11.0. The van der Waals surface area contributed by atoms with Gasteiger partial charge in [-0.05, 0) is 36.8 Å². The van der Waals surface area contributed by atoms with Crippen molar-refractivity contribution < 1.29 is 19.1 Å². The molecule has 0 heterocycles. The maximum absolute atomic E-state index is 13.8. The fraction of sp³-hybridized carbons (Fsp3) is 0.0667. The van der Waals surface area contributed by atoms with Crippen LogP contribution in [-0.4, -0.2) is 17.0 Å². The topological polar surface area (TPSA) is 66.4 Å². The van der Waals surface area contributed by atoms with Gasteiger partial charge >= 0.3 is 5.97 Å². The first-order valence-corrected chi connectivity index (χ1v) is 6.78. The number of carboxylic acids is 1. The Labute approximate surface area is 128 Å². The minimum Gasteiger partial charge on any atom is -0.478 e. The molecule has 1 amide bonds. The van der Waals surface area contributed by atoms with Crippen molar-refractivity contribution in [3.05, 3.63) is 63.4 Å². The number of aryl methyl sites for hydroxylation is 1. The van der Waals surface area contributed by atoms with E-state index in [0.717, 1.165) is 6.07 Å². The highest BCUT2D eigenvalue weighted by atomic mass is 79.9. The lowest BCUT2D eigenvalue weighted by atomic mass is 10.1. The molecule has 0 radical (unpaired) electrons. The maximum Gasteiger partial charge on any atom is 0.337 e. The van der Waals surface area contributed by atoms with Crippen LogP contribution >= 0.6 is 15.9 Å². The number of para-hydroxylation sites is 1. The van der Waals surface area contributed by atoms with Crippen molar-refractivity contribution in [2.45, 2.75) is 6.92 Å². The SMILES string of the molecule is Cc1ccc(Br)cc1C(=O)Nc1c(F)cccc1C(=O)O. The molecule has 0 aliphatic rings. The minimum absolute atomic E-state index is 0.295. The molecule has 0 unspecified atom stereocenters. The van der Waals surface area contributed by atoms with Crippen molar-refractivity contribution in [3.63, 3.8) is 0 Å². The van der Waals surface area contributed by atoms with E-state index in [1.165, 1.54) is 12.1 Å². The van der Waals surface area contributed by atoms with E-state index >= 15 is 0 Å². The summed E-state index contributed by atoms with van der Waals surface area (Å²) in [6.45, 7) is 1.74. The third-order valence-electron chi connectivity index (χ3n) is 2.93. The van der Waals surface area contributed by atoms with Crippen LogP contribution in [0.1, 0.15) is 26.3 Å². The van der Waals surface area contributed by atoms with Gasteiger partial charge in [0.1, 0.15) is 5.82 Å². The Balaban J connectivity index is 2.41. The molecule has 4 nitrogen and oxygen atoms in total. The zero-order chi connectivity index (χ0) is 15.6. The Kier molecular flexibility index (Phi) is 4.37. The third-order valence-corrected chi connectivity index (χ3v) is 3.42. The number of anilines is 1. The highest BCUT2D eigenvalue weighted by Gasteiger charge is 2.18. The predicted octanol–water partition coefficient (Wildman–Crippen LogP) is 3.85. The van der Waals surface area contributed by atoms with Gasteiger partial charge in [-0.2, -0.15) is 0 Å². The van der Waals surface area contributed by atoms with E-state index in [1.54, 1.807) is 25.1 Å². The molecule has 0 fully saturated rings. The molecule has 0 aliphatic carbocycles. The number of carboxylic acid groups (broad SMARTS) is 1. The average Bonchev–Trinajstić information content (AvgIpc) is 2.43. The van der Waals surface area contributed by atoms with Gasteiger partial charge in [-0.15, -0.1) is 0 Å². The molecule has 6 heteroatoms. The van der Waals surface area contributed by atoms with Crippen LogP contribution in [0.25, 0.3) is 0 Å². The van der Waals surface area contributed by atoms with E-state index in [-0.39, 0.29) is 11.3 Å². The van der Waals surface area contributed by atoms with Crippen LogP contribution < -0.4 is 5.32 Å². The Bertz CT molecular complexity index is 731. The van der Waals surface area contributed by atoms with Gasteiger partial charge < -0.3 is 10.4 Å². The number of hydrogen-bond acceptors (Lipinski definition) is 2. The highest BCUT2D eigenvalue weighted by molar-refractivity contribution is 9.10. The summed E-state index contributed by atoms with van der Waals surface area (Å²) in [5, 5.41) is 11.4. The second-order valence-corrected chi connectivity index (χ2v) is 5.30. The van der Waals surface area contributed by atoms with Gasteiger partial charge in [-0.1, -0.05) is 28.1 Å². The van der Waals surface area contributed by atoms with E-state index in [1.807, 2.05) is 0 Å². The summed E-state index contributed by atoms with van der Waals surface area (Å²) in [4.78, 5) is 23.3. The van der Waals surface area contributed by atoms with Crippen LogP contribution in [0.3, 0.4) is 0 Å². The summed E-state index contributed by atoms with van der Waals surface area (Å²) in [6, 6.07) is 8.70. The second-order valence-electron chi connectivity index (χ2n) is 4.38. The molecule has 0 saturated carbocycles. The van der Waals surface area contributed by atoms with Crippen LogP contribution in [0.4, 0.5) is 10.1 Å². The first-order chi connectivity index (χ1) is 9.90. The van der Waals surface area contributed by atoms with E-state index in [4.69, 9.17) is 5.11 Å². The molecule has 0 spiro atoms. The number of nitrogens with one attached hydrogen (secondary N) is 1. The first kappa shape index (κ1) is 15.2. The molecule has 2 aromatic rings. The van der Waals surface area contributed by atoms with Crippen molar-refractivity contribution >= 4 is 33.5 Å². The van der Waals surface area contributed by atoms with Crippen molar-refractivity contribution in [2.24, 2.45) is 0 Å². The van der Waals surface area contributed by atoms with Crippen molar-refractivity contribution in [2.75, 3.05) is 5.32 Å². The van der Waals surface area contributed by atoms with Crippen molar-refractivity contribution in [1.29, 1.82) is 0 Å². The molecule has 0 bridgehead atoms. The average molecular weight is 352 g/mol. The van der Waals surface area contributed by atoms with Gasteiger partial charge in [-0.3, -0.25) is 4.79 Å². The van der Waals surface area contributed by atoms with E-state index < -0.39 is 17.7 Å².